The molecule has 0 aromatic carbocycles. The highest BCUT2D eigenvalue weighted by molar-refractivity contribution is 14.1. The quantitative estimate of drug-likeness (QED) is 0.306. The Kier molecular flexibility index (Phi) is 7.07. The molecule has 8 heavy (non-hydrogen) atoms. The Bertz CT molecular complexity index is 50.9. The Hall–Kier alpha value is 0.980. The largest absolute Gasteiger partial charge is 1.00 e. The van der Waals surface area contributed by atoms with Gasteiger partial charge in [-0.2, -0.15) is 0 Å². The maximum Gasteiger partial charge on any atom is 0.0871 e. The fraction of sp³-hybridized carbons (Fsp3) is 1.00. The number of rotatable bonds is 2. The van der Waals surface area contributed by atoms with E-state index in [1.807, 2.05) is 0 Å². The fourth-order valence-corrected chi connectivity index (χ4v) is 1.70. The van der Waals surface area contributed by atoms with E-state index in [1.165, 1.54) is 11.0 Å². The van der Waals surface area contributed by atoms with Gasteiger partial charge in [-0.05, 0) is 0 Å². The molecule has 0 amide bonds. The monoisotopic (exact) mass is 249 g/mol. The first-order valence-electron chi connectivity index (χ1n) is 2.43. The van der Waals surface area contributed by atoms with E-state index >= 15 is 0 Å². The van der Waals surface area contributed by atoms with Crippen LogP contribution in [0.15, 0.2) is 0 Å². The summed E-state index contributed by atoms with van der Waals surface area (Å²) in [7, 11) is 6.62. The van der Waals surface area contributed by atoms with Crippen molar-refractivity contribution < 1.29 is 16.9 Å². The second kappa shape index (κ2) is 4.82. The molecule has 3 heteroatoms. The second-order valence-electron chi connectivity index (χ2n) is 2.70. The van der Waals surface area contributed by atoms with Crippen molar-refractivity contribution in [1.29, 1.82) is 0 Å². The van der Waals surface area contributed by atoms with E-state index in [1.54, 1.807) is 0 Å². The lowest BCUT2D eigenvalue weighted by molar-refractivity contribution is -0.867. The molecule has 0 atom stereocenters. The molecule has 0 aromatic rings. The zero-order chi connectivity index (χ0) is 5.91. The van der Waals surface area contributed by atoms with Crippen molar-refractivity contribution in [2.24, 2.45) is 0 Å². The summed E-state index contributed by atoms with van der Waals surface area (Å²) in [6, 6.07) is 0. The first-order valence-corrected chi connectivity index (χ1v) is 3.95. The van der Waals surface area contributed by atoms with E-state index in [9.17, 15) is 0 Å². The minimum Gasteiger partial charge on any atom is -1.00 e. The summed E-state index contributed by atoms with van der Waals surface area (Å²) in [4.78, 5) is 0. The molecule has 0 unspecified atom stereocenters. The smallest absolute Gasteiger partial charge is 0.0871 e. The lowest BCUT2D eigenvalue weighted by Crippen LogP contribution is -3.00. The van der Waals surface area contributed by atoms with Crippen LogP contribution in [0, 0.1) is 0 Å². The number of alkyl halides is 1. The molecule has 1 nitrogen and oxygen atoms in total. The molecule has 0 spiro atoms. The van der Waals surface area contributed by atoms with Crippen molar-refractivity contribution in [2.75, 3.05) is 32.1 Å². The molecule has 0 saturated heterocycles. The summed E-state index contributed by atoms with van der Waals surface area (Å²) in [6.07, 6.45) is 0. The van der Waals surface area contributed by atoms with Gasteiger partial charge in [0.1, 0.15) is 0 Å². The van der Waals surface area contributed by atoms with E-state index in [-0.39, 0.29) is 12.4 Å². The molecule has 0 N–H and O–H groups in total. The van der Waals surface area contributed by atoms with Gasteiger partial charge >= 0.3 is 0 Å². The second-order valence-corrected chi connectivity index (χ2v) is 3.78. The number of hydrogen-bond acceptors (Lipinski definition) is 0. The van der Waals surface area contributed by atoms with Crippen LogP contribution < -0.4 is 12.4 Å². The molecule has 0 saturated carbocycles. The molecule has 0 aliphatic carbocycles. The fourth-order valence-electron chi connectivity index (χ4n) is 0.254. The molecule has 0 rings (SSSR count). The Morgan fingerprint density at radius 3 is 1.62 bits per heavy atom. The minimum atomic E-state index is 0. The van der Waals surface area contributed by atoms with E-state index < -0.39 is 0 Å². The van der Waals surface area contributed by atoms with Crippen molar-refractivity contribution in [3.63, 3.8) is 0 Å². The van der Waals surface area contributed by atoms with Crippen LogP contribution in [0.1, 0.15) is 0 Å². The Balaban J connectivity index is 0. The van der Waals surface area contributed by atoms with Gasteiger partial charge in [0.15, 0.2) is 0 Å². The van der Waals surface area contributed by atoms with Gasteiger partial charge in [0, 0.05) is 4.43 Å². The molecule has 0 bridgehead atoms. The maximum absolute atomic E-state index is 2.40. The zero-order valence-electron chi connectivity index (χ0n) is 5.62. The van der Waals surface area contributed by atoms with Gasteiger partial charge in [0.25, 0.3) is 0 Å². The molecule has 0 radical (unpaired) electrons. The third-order valence-corrected chi connectivity index (χ3v) is 1.24. The Morgan fingerprint density at radius 1 is 1.25 bits per heavy atom. The summed E-state index contributed by atoms with van der Waals surface area (Å²) in [6.45, 7) is 1.26. The Morgan fingerprint density at radius 2 is 1.62 bits per heavy atom. The molecular formula is C5H13ClIN. The predicted octanol–water partition coefficient (Wildman–Crippen LogP) is -1.87. The van der Waals surface area contributed by atoms with E-state index in [0.29, 0.717) is 0 Å². The highest BCUT2D eigenvalue weighted by Crippen LogP contribution is 1.91. The number of hydrogen-bond donors (Lipinski definition) is 0. The maximum atomic E-state index is 2.40. The van der Waals surface area contributed by atoms with Crippen molar-refractivity contribution in [3.8, 4) is 0 Å². The summed E-state index contributed by atoms with van der Waals surface area (Å²) in [5.74, 6) is 0. The molecule has 0 aromatic heterocycles. The van der Waals surface area contributed by atoms with Crippen LogP contribution in [0.2, 0.25) is 0 Å². The SMILES string of the molecule is C[N+](C)(C)CCI.[Cl-]. The number of quaternary nitrogens is 1. The topological polar surface area (TPSA) is 0 Å². The van der Waals surface area contributed by atoms with Crippen molar-refractivity contribution in [3.05, 3.63) is 0 Å². The average molecular weight is 250 g/mol. The number of nitrogens with zero attached hydrogens (tertiary/aromatic N) is 1. The molecule has 0 heterocycles. The first kappa shape index (κ1) is 11.7. The summed E-state index contributed by atoms with van der Waals surface area (Å²) >= 11 is 2.40. The van der Waals surface area contributed by atoms with Crippen molar-refractivity contribution in [1.82, 2.24) is 0 Å². The third-order valence-electron chi connectivity index (χ3n) is 0.755. The highest BCUT2D eigenvalue weighted by atomic mass is 127. The predicted molar refractivity (Wildman–Crippen MR) is 41.8 cm³/mol. The first-order chi connectivity index (χ1) is 3.06. The standard InChI is InChI=1S/C5H13IN.ClH/c1-7(2,3)5-4-6;/h4-5H2,1-3H3;1H/q+1;/p-1. The van der Waals surface area contributed by atoms with Gasteiger partial charge < -0.3 is 16.9 Å². The van der Waals surface area contributed by atoms with Crippen LogP contribution in [0.3, 0.4) is 0 Å². The van der Waals surface area contributed by atoms with E-state index in [2.05, 4.69) is 43.7 Å². The van der Waals surface area contributed by atoms with Crippen LogP contribution in [-0.2, 0) is 0 Å². The summed E-state index contributed by atoms with van der Waals surface area (Å²) in [5.41, 5.74) is 0. The van der Waals surface area contributed by atoms with Gasteiger partial charge in [0.05, 0.1) is 27.7 Å². The van der Waals surface area contributed by atoms with Gasteiger partial charge in [-0.25, -0.2) is 0 Å². The molecule has 0 fully saturated rings. The van der Waals surface area contributed by atoms with Crippen molar-refractivity contribution in [2.45, 2.75) is 0 Å². The van der Waals surface area contributed by atoms with Gasteiger partial charge in [-0.1, -0.05) is 22.6 Å². The van der Waals surface area contributed by atoms with Gasteiger partial charge in [-0.15, -0.1) is 0 Å². The third kappa shape index (κ3) is 10.1. The molecular weight excluding hydrogens is 236 g/mol. The minimum absolute atomic E-state index is 0. The van der Waals surface area contributed by atoms with E-state index in [4.69, 9.17) is 0 Å². The van der Waals surface area contributed by atoms with Crippen LogP contribution in [0.5, 0.6) is 0 Å². The van der Waals surface area contributed by atoms with Gasteiger partial charge in [0.2, 0.25) is 0 Å². The summed E-state index contributed by atoms with van der Waals surface area (Å²) < 4.78 is 2.34. The summed E-state index contributed by atoms with van der Waals surface area (Å²) in [5, 5.41) is 0. The Labute approximate surface area is 71.6 Å². The lowest BCUT2D eigenvalue weighted by atomic mass is 10.6. The zero-order valence-corrected chi connectivity index (χ0v) is 8.53. The van der Waals surface area contributed by atoms with Crippen LogP contribution in [-0.4, -0.2) is 36.6 Å². The average Bonchev–Trinajstić information content (AvgIpc) is 1.30. The van der Waals surface area contributed by atoms with Crippen LogP contribution in [0.25, 0.3) is 0 Å². The van der Waals surface area contributed by atoms with Crippen LogP contribution >= 0.6 is 22.6 Å². The molecule has 0 aliphatic rings. The normalized spacial score (nSPS) is 10.5. The highest BCUT2D eigenvalue weighted by Gasteiger charge is 2.01. The van der Waals surface area contributed by atoms with Gasteiger partial charge in [-0.3, -0.25) is 0 Å². The number of halogens is 2. The van der Waals surface area contributed by atoms with Crippen molar-refractivity contribution >= 4 is 22.6 Å². The molecule has 0 aliphatic heterocycles. The van der Waals surface area contributed by atoms with E-state index in [0.717, 1.165) is 4.48 Å². The lowest BCUT2D eigenvalue weighted by Gasteiger charge is -2.21. The molecule has 52 valence electrons. The van der Waals surface area contributed by atoms with Crippen LogP contribution in [0.4, 0.5) is 0 Å².